The first-order chi connectivity index (χ1) is 9.69. The molecule has 0 radical (unpaired) electrons. The average Bonchev–Trinajstić information content (AvgIpc) is 2.37. The van der Waals surface area contributed by atoms with Crippen LogP contribution in [0.25, 0.3) is 0 Å². The van der Waals surface area contributed by atoms with Crippen LogP contribution in [0.4, 0.5) is 0 Å². The summed E-state index contributed by atoms with van der Waals surface area (Å²) in [5.74, 6) is -0.410. The molecular weight excluding hydrogens is 334 g/mol. The smallest absolute Gasteiger partial charge is 0.241 e. The number of likely N-dealkylation sites (N-methyl/N-ethyl adjacent to an activating group) is 1. The van der Waals surface area contributed by atoms with Gasteiger partial charge in [-0.1, -0.05) is 23.8 Å². The maximum atomic E-state index is 12.2. The molecule has 1 unspecified atom stereocenters. The highest BCUT2D eigenvalue weighted by atomic mass is 35.5. The average molecular weight is 350 g/mol. The molecule has 21 heavy (non-hydrogen) atoms. The molecule has 1 aromatic rings. The van der Waals surface area contributed by atoms with Gasteiger partial charge in [0.2, 0.25) is 15.9 Å². The van der Waals surface area contributed by atoms with Crippen molar-refractivity contribution in [3.8, 4) is 0 Å². The summed E-state index contributed by atoms with van der Waals surface area (Å²) in [6, 6.07) is 3.09. The van der Waals surface area contributed by atoms with Crippen LogP contribution in [-0.2, 0) is 14.8 Å². The predicted molar refractivity (Wildman–Crippen MR) is 85.8 cm³/mol. The molecule has 0 aliphatic heterocycles. The number of rotatable bonds is 6. The molecule has 1 rings (SSSR count). The number of amides is 1. The second-order valence-corrected chi connectivity index (χ2v) is 6.80. The fourth-order valence-corrected chi connectivity index (χ4v) is 3.35. The molecule has 0 aromatic heterocycles. The molecule has 0 aliphatic carbocycles. The number of halogens is 1. The van der Waals surface area contributed by atoms with E-state index in [2.05, 4.69) is 10.0 Å². The standard InChI is InChI=1S/C12H16ClN3O3S2/c1-3-15-12(17)7(2)16-21(18,19)8-4-5-9(11(14)20)10(13)6-8/h4-7,16H,3H2,1-2H3,(H2,14,20)(H,15,17). The zero-order valence-corrected chi connectivity index (χ0v) is 13.9. The summed E-state index contributed by atoms with van der Waals surface area (Å²) in [4.78, 5) is 11.6. The normalized spacial score (nSPS) is 12.7. The Balaban J connectivity index is 3.01. The van der Waals surface area contributed by atoms with Crippen molar-refractivity contribution in [1.29, 1.82) is 0 Å². The van der Waals surface area contributed by atoms with E-state index in [1.165, 1.54) is 25.1 Å². The van der Waals surface area contributed by atoms with E-state index in [-0.39, 0.29) is 14.9 Å². The molecule has 6 nitrogen and oxygen atoms in total. The third-order valence-corrected chi connectivity index (χ3v) is 4.66. The Morgan fingerprint density at radius 1 is 1.48 bits per heavy atom. The van der Waals surface area contributed by atoms with Gasteiger partial charge in [-0.15, -0.1) is 0 Å². The maximum Gasteiger partial charge on any atom is 0.241 e. The van der Waals surface area contributed by atoms with Crippen LogP contribution in [0.1, 0.15) is 19.4 Å². The van der Waals surface area contributed by atoms with Crippen molar-refractivity contribution in [2.24, 2.45) is 5.73 Å². The van der Waals surface area contributed by atoms with Gasteiger partial charge in [-0.3, -0.25) is 4.79 Å². The lowest BCUT2D eigenvalue weighted by Crippen LogP contribution is -2.44. The van der Waals surface area contributed by atoms with E-state index >= 15 is 0 Å². The molecule has 0 aliphatic rings. The van der Waals surface area contributed by atoms with Gasteiger partial charge in [0.25, 0.3) is 0 Å². The van der Waals surface area contributed by atoms with Gasteiger partial charge in [0.1, 0.15) is 4.99 Å². The molecule has 0 saturated carbocycles. The topological polar surface area (TPSA) is 101 Å². The summed E-state index contributed by atoms with van der Waals surface area (Å²) in [6.45, 7) is 3.61. The Labute approximate surface area is 134 Å². The maximum absolute atomic E-state index is 12.2. The second-order valence-electron chi connectivity index (χ2n) is 4.24. The minimum atomic E-state index is -3.87. The van der Waals surface area contributed by atoms with Crippen molar-refractivity contribution in [1.82, 2.24) is 10.0 Å². The number of thiocarbonyl (C=S) groups is 1. The molecule has 0 spiro atoms. The van der Waals surface area contributed by atoms with Gasteiger partial charge >= 0.3 is 0 Å². The summed E-state index contributed by atoms with van der Waals surface area (Å²) in [5.41, 5.74) is 5.85. The van der Waals surface area contributed by atoms with Crippen molar-refractivity contribution in [2.75, 3.05) is 6.54 Å². The van der Waals surface area contributed by atoms with E-state index in [4.69, 9.17) is 29.6 Å². The fraction of sp³-hybridized carbons (Fsp3) is 0.333. The van der Waals surface area contributed by atoms with Gasteiger partial charge in [-0.2, -0.15) is 4.72 Å². The number of carbonyl (C=O) groups excluding carboxylic acids is 1. The Hall–Kier alpha value is -1.22. The van der Waals surface area contributed by atoms with Crippen LogP contribution in [0.15, 0.2) is 23.1 Å². The Morgan fingerprint density at radius 3 is 2.57 bits per heavy atom. The van der Waals surface area contributed by atoms with E-state index in [9.17, 15) is 13.2 Å². The van der Waals surface area contributed by atoms with Crippen molar-refractivity contribution in [3.63, 3.8) is 0 Å². The molecule has 0 bridgehead atoms. The number of nitrogens with two attached hydrogens (primary N) is 1. The lowest BCUT2D eigenvalue weighted by Gasteiger charge is -2.14. The van der Waals surface area contributed by atoms with Crippen molar-refractivity contribution < 1.29 is 13.2 Å². The van der Waals surface area contributed by atoms with Crippen LogP contribution in [0.2, 0.25) is 5.02 Å². The van der Waals surface area contributed by atoms with Crippen molar-refractivity contribution >= 4 is 44.7 Å². The molecular formula is C12H16ClN3O3S2. The lowest BCUT2D eigenvalue weighted by atomic mass is 10.2. The molecule has 0 heterocycles. The van der Waals surface area contributed by atoms with Gasteiger partial charge in [-0.05, 0) is 32.0 Å². The monoisotopic (exact) mass is 349 g/mol. The lowest BCUT2D eigenvalue weighted by molar-refractivity contribution is -0.122. The van der Waals surface area contributed by atoms with E-state index < -0.39 is 22.0 Å². The van der Waals surface area contributed by atoms with E-state index in [0.29, 0.717) is 12.1 Å². The molecule has 4 N–H and O–H groups in total. The van der Waals surface area contributed by atoms with Crippen LogP contribution in [0.3, 0.4) is 0 Å². The molecule has 116 valence electrons. The number of sulfonamides is 1. The quantitative estimate of drug-likeness (QED) is 0.659. The summed E-state index contributed by atoms with van der Waals surface area (Å²) in [5, 5.41) is 2.66. The van der Waals surface area contributed by atoms with Crippen LogP contribution in [0.5, 0.6) is 0 Å². The van der Waals surface area contributed by atoms with Crippen LogP contribution >= 0.6 is 23.8 Å². The minimum Gasteiger partial charge on any atom is -0.389 e. The van der Waals surface area contributed by atoms with E-state index in [1.54, 1.807) is 6.92 Å². The van der Waals surface area contributed by atoms with E-state index in [0.717, 1.165) is 0 Å². The van der Waals surface area contributed by atoms with Gasteiger partial charge < -0.3 is 11.1 Å². The van der Waals surface area contributed by atoms with Crippen molar-refractivity contribution in [3.05, 3.63) is 28.8 Å². The highest BCUT2D eigenvalue weighted by Gasteiger charge is 2.22. The molecule has 1 amide bonds. The number of nitrogens with one attached hydrogen (secondary N) is 2. The van der Waals surface area contributed by atoms with Gasteiger partial charge in [-0.25, -0.2) is 8.42 Å². The highest BCUT2D eigenvalue weighted by Crippen LogP contribution is 2.21. The van der Waals surface area contributed by atoms with E-state index in [1.807, 2.05) is 0 Å². The van der Waals surface area contributed by atoms with Crippen LogP contribution in [0, 0.1) is 0 Å². The minimum absolute atomic E-state index is 0.0661. The van der Waals surface area contributed by atoms with Crippen molar-refractivity contribution in [2.45, 2.75) is 24.8 Å². The van der Waals surface area contributed by atoms with Crippen LogP contribution < -0.4 is 15.8 Å². The molecule has 9 heteroatoms. The summed E-state index contributed by atoms with van der Waals surface area (Å²) in [7, 11) is -3.87. The first-order valence-corrected chi connectivity index (χ1v) is 8.35. The zero-order valence-electron chi connectivity index (χ0n) is 11.5. The third kappa shape index (κ3) is 4.63. The third-order valence-electron chi connectivity index (χ3n) is 2.59. The first kappa shape index (κ1) is 17.8. The first-order valence-electron chi connectivity index (χ1n) is 6.08. The molecule has 1 atom stereocenters. The Bertz CT molecular complexity index is 662. The van der Waals surface area contributed by atoms with Crippen LogP contribution in [-0.4, -0.2) is 31.9 Å². The molecule has 0 fully saturated rings. The Kier molecular flexibility index (Phi) is 6.09. The predicted octanol–water partition coefficient (Wildman–Crippen LogP) is 0.777. The number of hydrogen-bond acceptors (Lipinski definition) is 4. The number of carbonyl (C=O) groups is 1. The van der Waals surface area contributed by atoms with Gasteiger partial charge in [0, 0.05) is 12.1 Å². The second kappa shape index (κ2) is 7.17. The summed E-state index contributed by atoms with van der Waals surface area (Å²) < 4.78 is 26.6. The fourth-order valence-electron chi connectivity index (χ4n) is 1.54. The van der Waals surface area contributed by atoms with Gasteiger partial charge in [0.15, 0.2) is 0 Å². The number of benzene rings is 1. The Morgan fingerprint density at radius 2 is 2.10 bits per heavy atom. The summed E-state index contributed by atoms with van der Waals surface area (Å²) >= 11 is 10.7. The highest BCUT2D eigenvalue weighted by molar-refractivity contribution is 7.89. The molecule has 0 saturated heterocycles. The molecule has 1 aromatic carbocycles. The SMILES string of the molecule is CCNC(=O)C(C)NS(=O)(=O)c1ccc(C(N)=S)c(Cl)c1. The largest absolute Gasteiger partial charge is 0.389 e. The number of hydrogen-bond donors (Lipinski definition) is 3. The zero-order chi connectivity index (χ0) is 16.2. The summed E-state index contributed by atoms with van der Waals surface area (Å²) in [6.07, 6.45) is 0. The van der Waals surface area contributed by atoms with Gasteiger partial charge in [0.05, 0.1) is 16.0 Å².